The van der Waals surface area contributed by atoms with E-state index in [1.807, 2.05) is 78.9 Å². The topological polar surface area (TPSA) is 53.4 Å². The van der Waals surface area contributed by atoms with Crippen LogP contribution in [0.1, 0.15) is 11.4 Å². The van der Waals surface area contributed by atoms with Gasteiger partial charge in [0.05, 0.1) is 16.6 Å². The Morgan fingerprint density at radius 2 is 1.68 bits per heavy atom. The fourth-order valence-electron chi connectivity index (χ4n) is 3.34. The molecule has 0 amide bonds. The minimum Gasteiger partial charge on any atom is -0.454 e. The molecule has 0 N–H and O–H groups in total. The fraction of sp³-hybridized carbons (Fsp3) is 0.0435. The number of ether oxygens (including phenoxy) is 2. The van der Waals surface area contributed by atoms with Gasteiger partial charge in [0, 0.05) is 5.56 Å². The molecule has 0 aliphatic carbocycles. The number of rotatable bonds is 3. The van der Waals surface area contributed by atoms with Crippen molar-refractivity contribution < 1.29 is 9.47 Å². The van der Waals surface area contributed by atoms with E-state index in [1.54, 1.807) is 10.6 Å². The van der Waals surface area contributed by atoms with E-state index in [-0.39, 0.29) is 12.4 Å². The van der Waals surface area contributed by atoms with Crippen LogP contribution in [-0.4, -0.2) is 16.3 Å². The average molecular weight is 368 g/mol. The summed E-state index contributed by atoms with van der Waals surface area (Å²) in [5.41, 5.74) is 2.20. The van der Waals surface area contributed by atoms with Crippen LogP contribution in [0.4, 0.5) is 0 Å². The number of aromatic nitrogens is 2. The van der Waals surface area contributed by atoms with Gasteiger partial charge in [0.2, 0.25) is 6.79 Å². The number of hydrogen-bond acceptors (Lipinski definition) is 4. The van der Waals surface area contributed by atoms with E-state index in [9.17, 15) is 4.79 Å². The summed E-state index contributed by atoms with van der Waals surface area (Å²) in [4.78, 5) is 17.9. The molecule has 4 aromatic rings. The molecule has 5 nitrogen and oxygen atoms in total. The van der Waals surface area contributed by atoms with Gasteiger partial charge in [-0.3, -0.25) is 9.36 Å². The van der Waals surface area contributed by atoms with E-state index >= 15 is 0 Å². The second kappa shape index (κ2) is 6.70. The van der Waals surface area contributed by atoms with Crippen molar-refractivity contribution in [2.45, 2.75) is 0 Å². The number of fused-ring (bicyclic) bond motifs is 2. The highest BCUT2D eigenvalue weighted by atomic mass is 16.7. The van der Waals surface area contributed by atoms with Gasteiger partial charge in [-0.1, -0.05) is 42.5 Å². The lowest BCUT2D eigenvalue weighted by atomic mass is 10.1. The molecule has 0 atom stereocenters. The predicted octanol–water partition coefficient (Wildman–Crippen LogP) is 4.28. The first-order chi connectivity index (χ1) is 13.8. The smallest absolute Gasteiger partial charge is 0.266 e. The Morgan fingerprint density at radius 1 is 0.857 bits per heavy atom. The molecule has 0 saturated heterocycles. The summed E-state index contributed by atoms with van der Waals surface area (Å²) >= 11 is 0. The van der Waals surface area contributed by atoms with Crippen LogP contribution in [-0.2, 0) is 0 Å². The standard InChI is InChI=1S/C23H16N2O3/c26-23-18-10-4-5-11-19(18)24-21(25(23)17-8-2-1-3-9-17)14-13-16-7-6-12-20-22(16)28-15-27-20/h1-14H,15H2/b14-13+. The summed E-state index contributed by atoms with van der Waals surface area (Å²) in [5, 5.41) is 0.584. The van der Waals surface area contributed by atoms with Crippen LogP contribution in [0.15, 0.2) is 77.6 Å². The largest absolute Gasteiger partial charge is 0.454 e. The Morgan fingerprint density at radius 3 is 2.57 bits per heavy atom. The zero-order chi connectivity index (χ0) is 18.9. The van der Waals surface area contributed by atoms with Gasteiger partial charge < -0.3 is 9.47 Å². The lowest BCUT2D eigenvalue weighted by Gasteiger charge is -2.11. The van der Waals surface area contributed by atoms with Gasteiger partial charge in [-0.15, -0.1) is 0 Å². The summed E-state index contributed by atoms with van der Waals surface area (Å²) in [7, 11) is 0. The zero-order valence-corrected chi connectivity index (χ0v) is 14.9. The van der Waals surface area contributed by atoms with Gasteiger partial charge in [-0.2, -0.15) is 0 Å². The molecule has 1 aliphatic rings. The summed E-state index contributed by atoms with van der Waals surface area (Å²) in [6.45, 7) is 0.211. The Balaban J connectivity index is 1.71. The number of hydrogen-bond donors (Lipinski definition) is 0. The second-order valence-corrected chi connectivity index (χ2v) is 6.38. The molecule has 0 fully saturated rings. The first-order valence-electron chi connectivity index (χ1n) is 8.95. The van der Waals surface area contributed by atoms with Crippen LogP contribution < -0.4 is 15.0 Å². The number of benzene rings is 3. The first-order valence-corrected chi connectivity index (χ1v) is 8.95. The summed E-state index contributed by atoms with van der Waals surface area (Å²) in [5.74, 6) is 1.97. The van der Waals surface area contributed by atoms with Crippen LogP contribution in [0.3, 0.4) is 0 Å². The molecule has 28 heavy (non-hydrogen) atoms. The molecule has 0 spiro atoms. The maximum atomic E-state index is 13.2. The molecular formula is C23H16N2O3. The summed E-state index contributed by atoms with van der Waals surface area (Å²) in [6, 6.07) is 22.6. The highest BCUT2D eigenvalue weighted by Crippen LogP contribution is 2.36. The van der Waals surface area contributed by atoms with E-state index in [4.69, 9.17) is 14.5 Å². The van der Waals surface area contributed by atoms with Crippen molar-refractivity contribution in [2.75, 3.05) is 6.79 Å². The van der Waals surface area contributed by atoms with Crippen molar-refractivity contribution in [3.05, 3.63) is 94.5 Å². The Labute approximate surface area is 161 Å². The molecule has 2 heterocycles. The molecule has 1 aliphatic heterocycles. The summed E-state index contributed by atoms with van der Waals surface area (Å²) < 4.78 is 12.6. The molecule has 3 aromatic carbocycles. The van der Waals surface area contributed by atoms with Crippen LogP contribution in [0.25, 0.3) is 28.7 Å². The Bertz CT molecular complexity index is 1260. The molecule has 0 bridgehead atoms. The minimum atomic E-state index is -0.102. The van der Waals surface area contributed by atoms with E-state index in [0.29, 0.717) is 28.2 Å². The van der Waals surface area contributed by atoms with Crippen LogP contribution >= 0.6 is 0 Å². The number of para-hydroxylation sites is 3. The van der Waals surface area contributed by atoms with Gasteiger partial charge in [0.1, 0.15) is 5.82 Å². The lowest BCUT2D eigenvalue weighted by molar-refractivity contribution is 0.174. The zero-order valence-electron chi connectivity index (χ0n) is 14.9. The minimum absolute atomic E-state index is 0.102. The van der Waals surface area contributed by atoms with Gasteiger partial charge in [0.25, 0.3) is 5.56 Å². The van der Waals surface area contributed by atoms with Gasteiger partial charge in [-0.25, -0.2) is 4.98 Å². The Kier molecular flexibility index (Phi) is 3.91. The second-order valence-electron chi connectivity index (χ2n) is 6.38. The van der Waals surface area contributed by atoms with E-state index in [0.717, 1.165) is 11.3 Å². The maximum Gasteiger partial charge on any atom is 0.266 e. The molecule has 136 valence electrons. The van der Waals surface area contributed by atoms with Gasteiger partial charge in [-0.05, 0) is 42.5 Å². The SMILES string of the molecule is O=c1c2ccccc2nc(/C=C/c2cccc3c2OCO3)n1-c1ccccc1. The molecule has 0 radical (unpaired) electrons. The highest BCUT2D eigenvalue weighted by molar-refractivity contribution is 5.80. The van der Waals surface area contributed by atoms with Crippen molar-refractivity contribution in [3.8, 4) is 17.2 Å². The quantitative estimate of drug-likeness (QED) is 0.541. The first kappa shape index (κ1) is 16.3. The van der Waals surface area contributed by atoms with E-state index in [1.165, 1.54) is 0 Å². The maximum absolute atomic E-state index is 13.2. The lowest BCUT2D eigenvalue weighted by Crippen LogP contribution is -2.22. The number of nitrogens with zero attached hydrogens (tertiary/aromatic N) is 2. The van der Waals surface area contributed by atoms with Crippen LogP contribution in [0, 0.1) is 0 Å². The normalized spacial score (nSPS) is 12.7. The van der Waals surface area contributed by atoms with Crippen molar-refractivity contribution >= 4 is 23.1 Å². The van der Waals surface area contributed by atoms with Crippen molar-refractivity contribution in [1.82, 2.24) is 9.55 Å². The van der Waals surface area contributed by atoms with Crippen LogP contribution in [0.2, 0.25) is 0 Å². The molecule has 0 saturated carbocycles. The average Bonchev–Trinajstić information content (AvgIpc) is 3.22. The van der Waals surface area contributed by atoms with Crippen LogP contribution in [0.5, 0.6) is 11.5 Å². The third-order valence-electron chi connectivity index (χ3n) is 4.66. The molecule has 0 unspecified atom stereocenters. The molecule has 1 aromatic heterocycles. The van der Waals surface area contributed by atoms with E-state index < -0.39 is 0 Å². The predicted molar refractivity (Wildman–Crippen MR) is 109 cm³/mol. The monoisotopic (exact) mass is 368 g/mol. The van der Waals surface area contributed by atoms with E-state index in [2.05, 4.69) is 0 Å². The Hall–Kier alpha value is -3.86. The fourth-order valence-corrected chi connectivity index (χ4v) is 3.34. The van der Waals surface area contributed by atoms with Crippen molar-refractivity contribution in [2.24, 2.45) is 0 Å². The van der Waals surface area contributed by atoms with Crippen molar-refractivity contribution in [1.29, 1.82) is 0 Å². The molecule has 5 rings (SSSR count). The third-order valence-corrected chi connectivity index (χ3v) is 4.66. The van der Waals surface area contributed by atoms with Crippen molar-refractivity contribution in [3.63, 3.8) is 0 Å². The van der Waals surface area contributed by atoms with Gasteiger partial charge in [0.15, 0.2) is 11.5 Å². The third kappa shape index (κ3) is 2.74. The summed E-state index contributed by atoms with van der Waals surface area (Å²) in [6.07, 6.45) is 3.72. The molecule has 5 heteroatoms. The van der Waals surface area contributed by atoms with Gasteiger partial charge >= 0.3 is 0 Å². The highest BCUT2D eigenvalue weighted by Gasteiger charge is 2.16. The molecular weight excluding hydrogens is 352 g/mol.